The fraction of sp³-hybridized carbons (Fsp3) is 0.273. The van der Waals surface area contributed by atoms with Gasteiger partial charge in [0.15, 0.2) is 5.25 Å². The summed E-state index contributed by atoms with van der Waals surface area (Å²) in [5, 5.41) is 2.63. The van der Waals surface area contributed by atoms with Crippen LogP contribution in [0.5, 0.6) is 0 Å². The minimum atomic E-state index is -0.426. The monoisotopic (exact) mass is 253 g/mol. The summed E-state index contributed by atoms with van der Waals surface area (Å²) in [6.45, 7) is 2.16. The zero-order valence-electron chi connectivity index (χ0n) is 8.73. The predicted molar refractivity (Wildman–Crippen MR) is 68.9 cm³/mol. The second-order valence-corrected chi connectivity index (χ2v) is 4.82. The Hall–Kier alpha value is -1.07. The number of carbonyl (C=O) groups excluding carboxylic acids is 1. The summed E-state index contributed by atoms with van der Waals surface area (Å²) in [6.07, 6.45) is 0. The van der Waals surface area contributed by atoms with Crippen LogP contribution in [-0.2, 0) is 9.53 Å². The minimum Gasteiger partial charge on any atom is -0.465 e. The van der Waals surface area contributed by atoms with E-state index in [0.717, 1.165) is 10.6 Å². The van der Waals surface area contributed by atoms with Gasteiger partial charge in [0.1, 0.15) is 4.99 Å². The Labute approximate surface area is 104 Å². The van der Waals surface area contributed by atoms with Crippen LogP contribution in [0.15, 0.2) is 29.2 Å². The van der Waals surface area contributed by atoms with Gasteiger partial charge in [0.25, 0.3) is 0 Å². The summed E-state index contributed by atoms with van der Waals surface area (Å²) in [5.41, 5.74) is 0.957. The quantitative estimate of drug-likeness (QED) is 0.647. The molecule has 0 radical (unpaired) electrons. The molecule has 1 unspecified atom stereocenters. The molecule has 1 atom stereocenters. The van der Waals surface area contributed by atoms with Crippen molar-refractivity contribution in [3.05, 3.63) is 24.3 Å². The smallest absolute Gasteiger partial charge is 0.326 e. The number of thiocarbonyl (C=S) groups is 1. The SMILES string of the molecule is CCOC(=O)C1Sc2ccccc2NC1=S. The molecule has 2 rings (SSSR count). The van der Waals surface area contributed by atoms with E-state index in [0.29, 0.717) is 11.6 Å². The van der Waals surface area contributed by atoms with E-state index < -0.39 is 5.25 Å². The standard InChI is InChI=1S/C11H11NO2S2/c1-2-14-11(13)9-10(15)12-7-5-3-4-6-8(7)16-9/h3-6,9H,2H2,1H3,(H,12,15). The molecule has 0 saturated heterocycles. The van der Waals surface area contributed by atoms with Gasteiger partial charge in [-0.05, 0) is 19.1 Å². The van der Waals surface area contributed by atoms with Crippen LogP contribution in [0.4, 0.5) is 5.69 Å². The number of anilines is 1. The second-order valence-electron chi connectivity index (χ2n) is 3.24. The van der Waals surface area contributed by atoms with Gasteiger partial charge in [-0.1, -0.05) is 24.4 Å². The van der Waals surface area contributed by atoms with E-state index in [1.807, 2.05) is 24.3 Å². The number of esters is 1. The maximum atomic E-state index is 11.6. The molecule has 1 aliphatic rings. The molecule has 84 valence electrons. The summed E-state index contributed by atoms with van der Waals surface area (Å²) >= 11 is 6.60. The first-order chi connectivity index (χ1) is 7.72. The number of nitrogens with one attached hydrogen (secondary N) is 1. The third-order valence-corrected chi connectivity index (χ3v) is 3.89. The molecule has 0 saturated carbocycles. The van der Waals surface area contributed by atoms with Crippen molar-refractivity contribution >= 4 is 40.6 Å². The van der Waals surface area contributed by atoms with Gasteiger partial charge >= 0.3 is 5.97 Å². The van der Waals surface area contributed by atoms with Crippen molar-refractivity contribution in [1.82, 2.24) is 0 Å². The highest BCUT2D eigenvalue weighted by molar-refractivity contribution is 8.03. The first kappa shape index (κ1) is 11.4. The number of fused-ring (bicyclic) bond motifs is 1. The third kappa shape index (κ3) is 2.20. The van der Waals surface area contributed by atoms with E-state index in [2.05, 4.69) is 5.32 Å². The van der Waals surface area contributed by atoms with Crippen molar-refractivity contribution in [1.29, 1.82) is 0 Å². The topological polar surface area (TPSA) is 38.3 Å². The van der Waals surface area contributed by atoms with E-state index in [1.54, 1.807) is 6.92 Å². The molecule has 5 heteroatoms. The van der Waals surface area contributed by atoms with E-state index in [1.165, 1.54) is 11.8 Å². The first-order valence-corrected chi connectivity index (χ1v) is 6.24. The average molecular weight is 253 g/mol. The Kier molecular flexibility index (Phi) is 3.46. The number of benzene rings is 1. The molecule has 16 heavy (non-hydrogen) atoms. The van der Waals surface area contributed by atoms with Crippen LogP contribution >= 0.6 is 24.0 Å². The molecule has 1 aliphatic heterocycles. The Bertz CT molecular complexity index is 434. The number of hydrogen-bond acceptors (Lipinski definition) is 4. The highest BCUT2D eigenvalue weighted by Crippen LogP contribution is 2.36. The number of para-hydroxylation sites is 1. The molecule has 0 fully saturated rings. The van der Waals surface area contributed by atoms with Gasteiger partial charge in [0.05, 0.1) is 12.3 Å². The third-order valence-electron chi connectivity index (χ3n) is 2.13. The Balaban J connectivity index is 2.21. The summed E-state index contributed by atoms with van der Waals surface area (Å²) in [5.74, 6) is -0.278. The van der Waals surface area contributed by atoms with Gasteiger partial charge in [0.2, 0.25) is 0 Å². The first-order valence-electron chi connectivity index (χ1n) is 4.95. The molecule has 0 bridgehead atoms. The minimum absolute atomic E-state index is 0.278. The second kappa shape index (κ2) is 4.84. The molecule has 0 spiro atoms. The summed E-state index contributed by atoms with van der Waals surface area (Å²) in [6, 6.07) is 7.76. The molecule has 1 heterocycles. The largest absolute Gasteiger partial charge is 0.465 e. The Morgan fingerprint density at radius 2 is 2.31 bits per heavy atom. The molecule has 1 aromatic carbocycles. The van der Waals surface area contributed by atoms with Gasteiger partial charge in [-0.25, -0.2) is 0 Å². The lowest BCUT2D eigenvalue weighted by atomic mass is 10.3. The molecule has 0 aromatic heterocycles. The number of carbonyl (C=O) groups is 1. The fourth-order valence-corrected chi connectivity index (χ4v) is 2.76. The summed E-state index contributed by atoms with van der Waals surface area (Å²) < 4.78 is 4.98. The van der Waals surface area contributed by atoms with Crippen molar-refractivity contribution in [2.75, 3.05) is 11.9 Å². The molecule has 0 amide bonds. The van der Waals surface area contributed by atoms with Crippen molar-refractivity contribution in [3.63, 3.8) is 0 Å². The van der Waals surface area contributed by atoms with E-state index in [-0.39, 0.29) is 5.97 Å². The fourth-order valence-electron chi connectivity index (χ4n) is 1.42. The highest BCUT2D eigenvalue weighted by atomic mass is 32.2. The molecule has 0 aliphatic carbocycles. The number of hydrogen-bond donors (Lipinski definition) is 1. The molecular formula is C11H11NO2S2. The Morgan fingerprint density at radius 1 is 1.56 bits per heavy atom. The summed E-state index contributed by atoms with van der Waals surface area (Å²) in [7, 11) is 0. The highest BCUT2D eigenvalue weighted by Gasteiger charge is 2.30. The van der Waals surface area contributed by atoms with E-state index >= 15 is 0 Å². The lowest BCUT2D eigenvalue weighted by molar-refractivity contribution is -0.141. The lowest BCUT2D eigenvalue weighted by Gasteiger charge is -2.24. The van der Waals surface area contributed by atoms with Gasteiger partial charge in [-0.3, -0.25) is 4.79 Å². The molecule has 1 N–H and O–H groups in total. The zero-order chi connectivity index (χ0) is 11.5. The molecule has 1 aromatic rings. The van der Waals surface area contributed by atoms with Crippen molar-refractivity contribution in [2.45, 2.75) is 17.1 Å². The normalized spacial score (nSPS) is 18.6. The van der Waals surface area contributed by atoms with Crippen LogP contribution in [0.1, 0.15) is 6.92 Å². The maximum Gasteiger partial charge on any atom is 0.326 e. The summed E-state index contributed by atoms with van der Waals surface area (Å²) in [4.78, 5) is 13.2. The van der Waals surface area contributed by atoms with Crippen LogP contribution in [0.3, 0.4) is 0 Å². The van der Waals surface area contributed by atoms with Gasteiger partial charge in [-0.15, -0.1) is 11.8 Å². The Morgan fingerprint density at radius 3 is 3.06 bits per heavy atom. The predicted octanol–water partition coefficient (Wildman–Crippen LogP) is 2.46. The van der Waals surface area contributed by atoms with Gasteiger partial charge in [-0.2, -0.15) is 0 Å². The average Bonchev–Trinajstić information content (AvgIpc) is 2.28. The van der Waals surface area contributed by atoms with Gasteiger partial charge < -0.3 is 10.1 Å². The van der Waals surface area contributed by atoms with Crippen LogP contribution in [-0.4, -0.2) is 22.8 Å². The van der Waals surface area contributed by atoms with E-state index in [9.17, 15) is 4.79 Å². The van der Waals surface area contributed by atoms with Crippen molar-refractivity contribution < 1.29 is 9.53 Å². The van der Waals surface area contributed by atoms with Crippen LogP contribution in [0.25, 0.3) is 0 Å². The lowest BCUT2D eigenvalue weighted by Crippen LogP contribution is -2.35. The van der Waals surface area contributed by atoms with Crippen LogP contribution < -0.4 is 5.32 Å². The van der Waals surface area contributed by atoms with Crippen LogP contribution in [0.2, 0.25) is 0 Å². The zero-order valence-corrected chi connectivity index (χ0v) is 10.4. The number of rotatable bonds is 2. The maximum absolute atomic E-state index is 11.6. The van der Waals surface area contributed by atoms with Crippen molar-refractivity contribution in [2.24, 2.45) is 0 Å². The van der Waals surface area contributed by atoms with Crippen LogP contribution in [0, 0.1) is 0 Å². The van der Waals surface area contributed by atoms with Gasteiger partial charge in [0, 0.05) is 4.90 Å². The van der Waals surface area contributed by atoms with Crippen molar-refractivity contribution in [3.8, 4) is 0 Å². The molecule has 3 nitrogen and oxygen atoms in total. The molecular weight excluding hydrogens is 242 g/mol. The van der Waals surface area contributed by atoms with E-state index in [4.69, 9.17) is 17.0 Å². The number of thioether (sulfide) groups is 1. The number of ether oxygens (including phenoxy) is 1.